The van der Waals surface area contributed by atoms with Crippen molar-refractivity contribution in [3.05, 3.63) is 24.3 Å². The van der Waals surface area contributed by atoms with Crippen LogP contribution in [-0.2, 0) is 0 Å². The molecule has 0 atom stereocenters. The van der Waals surface area contributed by atoms with Crippen molar-refractivity contribution in [3.63, 3.8) is 0 Å². The molecule has 0 radical (unpaired) electrons. The summed E-state index contributed by atoms with van der Waals surface area (Å²) in [5, 5.41) is 6.91. The first-order valence-corrected chi connectivity index (χ1v) is 9.79. The minimum atomic E-state index is 0.503. The number of piperidine rings is 1. The van der Waals surface area contributed by atoms with Gasteiger partial charge in [-0.15, -0.1) is 0 Å². The molecule has 1 aromatic carbocycles. The zero-order chi connectivity index (χ0) is 18.6. The van der Waals surface area contributed by atoms with Crippen molar-refractivity contribution in [1.82, 2.24) is 15.5 Å². The second kappa shape index (κ2) is 11.6. The summed E-state index contributed by atoms with van der Waals surface area (Å²) in [6.07, 6.45) is 3.58. The number of benzene rings is 1. The Bertz CT molecular complexity index is 525. The molecule has 0 amide bonds. The van der Waals surface area contributed by atoms with E-state index in [9.17, 15) is 0 Å². The predicted octanol–water partition coefficient (Wildman–Crippen LogP) is 2.50. The maximum atomic E-state index is 5.74. The van der Waals surface area contributed by atoms with Gasteiger partial charge in [-0.25, -0.2) is 4.99 Å². The van der Waals surface area contributed by atoms with Crippen molar-refractivity contribution in [2.45, 2.75) is 39.2 Å². The predicted molar refractivity (Wildman–Crippen MR) is 107 cm³/mol. The van der Waals surface area contributed by atoms with Gasteiger partial charge in [0.2, 0.25) is 0 Å². The molecule has 1 aromatic rings. The van der Waals surface area contributed by atoms with Gasteiger partial charge >= 0.3 is 0 Å². The van der Waals surface area contributed by atoms with Crippen LogP contribution in [0.1, 0.15) is 33.1 Å². The summed E-state index contributed by atoms with van der Waals surface area (Å²) in [5.74, 6) is 2.56. The quantitative estimate of drug-likeness (QED) is 0.402. The highest BCUT2D eigenvalue weighted by atomic mass is 16.5. The Morgan fingerprint density at radius 2 is 1.85 bits per heavy atom. The summed E-state index contributed by atoms with van der Waals surface area (Å²) in [4.78, 5) is 7.19. The maximum absolute atomic E-state index is 5.74. The largest absolute Gasteiger partial charge is 0.497 e. The fraction of sp³-hybridized carbons (Fsp3) is 0.650. The normalized spacial score (nSPS) is 16.3. The number of methoxy groups -OCH3 is 1. The Morgan fingerprint density at radius 1 is 1.15 bits per heavy atom. The van der Waals surface area contributed by atoms with Crippen LogP contribution in [0.5, 0.6) is 11.5 Å². The third-order valence-corrected chi connectivity index (χ3v) is 4.50. The summed E-state index contributed by atoms with van der Waals surface area (Å²) in [6, 6.07) is 8.12. The molecular weight excluding hydrogens is 328 g/mol. The lowest BCUT2D eigenvalue weighted by atomic mass is 10.1. The Hall–Kier alpha value is -1.95. The molecule has 2 N–H and O–H groups in total. The Kier molecular flexibility index (Phi) is 9.10. The van der Waals surface area contributed by atoms with Crippen LogP contribution < -0.4 is 20.1 Å². The molecule has 1 saturated heterocycles. The van der Waals surface area contributed by atoms with E-state index in [0.29, 0.717) is 19.2 Å². The van der Waals surface area contributed by atoms with Crippen LogP contribution >= 0.6 is 0 Å². The second-order valence-electron chi connectivity index (χ2n) is 6.54. The first kappa shape index (κ1) is 20.4. The van der Waals surface area contributed by atoms with E-state index < -0.39 is 0 Å². The van der Waals surface area contributed by atoms with E-state index in [4.69, 9.17) is 9.47 Å². The number of aliphatic imine (C=N–C) groups is 1. The van der Waals surface area contributed by atoms with Crippen LogP contribution in [0.2, 0.25) is 0 Å². The van der Waals surface area contributed by atoms with Gasteiger partial charge in [-0.05, 0) is 57.0 Å². The third kappa shape index (κ3) is 7.12. The average molecular weight is 363 g/mol. The first-order valence-electron chi connectivity index (χ1n) is 9.79. The highest BCUT2D eigenvalue weighted by Gasteiger charge is 2.19. The number of ether oxygens (including phenoxy) is 2. The monoisotopic (exact) mass is 362 g/mol. The van der Waals surface area contributed by atoms with Crippen LogP contribution in [-0.4, -0.2) is 63.3 Å². The number of rotatable bonds is 9. The second-order valence-corrected chi connectivity index (χ2v) is 6.54. The van der Waals surface area contributed by atoms with Gasteiger partial charge < -0.3 is 25.0 Å². The lowest BCUT2D eigenvalue weighted by molar-refractivity contribution is 0.206. The van der Waals surface area contributed by atoms with Gasteiger partial charge in [0.1, 0.15) is 18.1 Å². The lowest BCUT2D eigenvalue weighted by Gasteiger charge is -2.32. The van der Waals surface area contributed by atoms with E-state index in [1.165, 1.54) is 38.9 Å². The molecule has 0 aromatic heterocycles. The minimum Gasteiger partial charge on any atom is -0.497 e. The molecule has 0 saturated carbocycles. The van der Waals surface area contributed by atoms with Gasteiger partial charge in [0.05, 0.1) is 13.7 Å². The summed E-state index contributed by atoms with van der Waals surface area (Å²) >= 11 is 0. The Balaban J connectivity index is 1.73. The molecule has 1 fully saturated rings. The van der Waals surface area contributed by atoms with Crippen LogP contribution in [0.3, 0.4) is 0 Å². The molecule has 0 unspecified atom stereocenters. The molecule has 2 rings (SSSR count). The van der Waals surface area contributed by atoms with E-state index >= 15 is 0 Å². The van der Waals surface area contributed by atoms with Crippen LogP contribution in [0.4, 0.5) is 0 Å². The third-order valence-electron chi connectivity index (χ3n) is 4.50. The average Bonchev–Trinajstić information content (AvgIpc) is 2.67. The Morgan fingerprint density at radius 3 is 2.46 bits per heavy atom. The number of nitrogens with zero attached hydrogens (tertiary/aromatic N) is 2. The van der Waals surface area contributed by atoms with Gasteiger partial charge in [0.25, 0.3) is 0 Å². The first-order chi connectivity index (χ1) is 12.7. The molecule has 1 heterocycles. The van der Waals surface area contributed by atoms with E-state index in [0.717, 1.165) is 24.0 Å². The van der Waals surface area contributed by atoms with E-state index in [-0.39, 0.29) is 0 Å². The minimum absolute atomic E-state index is 0.503. The topological polar surface area (TPSA) is 58.1 Å². The zero-order valence-corrected chi connectivity index (χ0v) is 16.5. The van der Waals surface area contributed by atoms with E-state index in [2.05, 4.69) is 34.4 Å². The number of nitrogens with one attached hydrogen (secondary N) is 2. The van der Waals surface area contributed by atoms with E-state index in [1.807, 2.05) is 24.3 Å². The fourth-order valence-electron chi connectivity index (χ4n) is 3.12. The van der Waals surface area contributed by atoms with Crippen LogP contribution in [0.25, 0.3) is 0 Å². The summed E-state index contributed by atoms with van der Waals surface area (Å²) < 4.78 is 10.9. The highest BCUT2D eigenvalue weighted by molar-refractivity contribution is 5.80. The number of likely N-dealkylation sites (tertiary alicyclic amines) is 1. The van der Waals surface area contributed by atoms with Crippen molar-refractivity contribution in [2.75, 3.05) is 46.4 Å². The molecule has 0 aliphatic carbocycles. The SMILES string of the molecule is CCCN1CCC(NC(=NCCOc2ccc(OC)cc2)NCC)CC1. The van der Waals surface area contributed by atoms with Crippen molar-refractivity contribution in [1.29, 1.82) is 0 Å². The van der Waals surface area contributed by atoms with Gasteiger partial charge in [-0.3, -0.25) is 0 Å². The van der Waals surface area contributed by atoms with Crippen molar-refractivity contribution in [2.24, 2.45) is 4.99 Å². The molecule has 1 aliphatic rings. The Labute approximate surface area is 158 Å². The number of guanidine groups is 1. The van der Waals surface area contributed by atoms with Crippen molar-refractivity contribution in [3.8, 4) is 11.5 Å². The molecule has 146 valence electrons. The molecular formula is C20H34N4O2. The molecule has 0 bridgehead atoms. The summed E-state index contributed by atoms with van der Waals surface area (Å²) in [7, 11) is 1.66. The zero-order valence-electron chi connectivity index (χ0n) is 16.5. The molecule has 6 heteroatoms. The van der Waals surface area contributed by atoms with Crippen LogP contribution in [0, 0.1) is 0 Å². The molecule has 26 heavy (non-hydrogen) atoms. The molecule has 0 spiro atoms. The number of hydrogen-bond donors (Lipinski definition) is 2. The van der Waals surface area contributed by atoms with Gasteiger partial charge in [0.15, 0.2) is 5.96 Å². The summed E-state index contributed by atoms with van der Waals surface area (Å²) in [6.45, 7) is 9.93. The number of hydrogen-bond acceptors (Lipinski definition) is 4. The van der Waals surface area contributed by atoms with Gasteiger partial charge in [0, 0.05) is 25.7 Å². The fourth-order valence-corrected chi connectivity index (χ4v) is 3.12. The van der Waals surface area contributed by atoms with E-state index in [1.54, 1.807) is 7.11 Å². The molecule has 1 aliphatic heterocycles. The summed E-state index contributed by atoms with van der Waals surface area (Å²) in [5.41, 5.74) is 0. The maximum Gasteiger partial charge on any atom is 0.191 e. The highest BCUT2D eigenvalue weighted by Crippen LogP contribution is 2.16. The standard InChI is InChI=1S/C20H34N4O2/c1-4-13-24-14-10-17(11-15-24)23-20(21-5-2)22-12-16-26-19-8-6-18(25-3)7-9-19/h6-9,17H,4-5,10-16H2,1-3H3,(H2,21,22,23). The van der Waals surface area contributed by atoms with Crippen LogP contribution in [0.15, 0.2) is 29.3 Å². The van der Waals surface area contributed by atoms with Gasteiger partial charge in [-0.2, -0.15) is 0 Å². The smallest absolute Gasteiger partial charge is 0.191 e. The van der Waals surface area contributed by atoms with Crippen molar-refractivity contribution >= 4 is 5.96 Å². The lowest BCUT2D eigenvalue weighted by Crippen LogP contribution is -2.48. The molecule has 6 nitrogen and oxygen atoms in total. The van der Waals surface area contributed by atoms with Crippen molar-refractivity contribution < 1.29 is 9.47 Å². The van der Waals surface area contributed by atoms with Gasteiger partial charge in [-0.1, -0.05) is 6.92 Å².